The van der Waals surface area contributed by atoms with Gasteiger partial charge in [0.15, 0.2) is 6.10 Å². The van der Waals surface area contributed by atoms with E-state index in [4.69, 9.17) is 4.74 Å². The number of hydrogen-bond acceptors (Lipinski definition) is 4. The lowest BCUT2D eigenvalue weighted by molar-refractivity contribution is -0.151. The first-order valence-electron chi connectivity index (χ1n) is 7.78. The summed E-state index contributed by atoms with van der Waals surface area (Å²) in [4.78, 5) is 11.7. The van der Waals surface area contributed by atoms with Crippen molar-refractivity contribution < 1.29 is 14.6 Å². The number of rotatable bonds is 6. The minimum atomic E-state index is -1.13. The molecule has 2 rings (SSSR count). The molecule has 0 spiro atoms. The van der Waals surface area contributed by atoms with Gasteiger partial charge in [0.2, 0.25) is 0 Å². The minimum absolute atomic E-state index is 0.303. The summed E-state index contributed by atoms with van der Waals surface area (Å²) in [5.41, 5.74) is 0.918. The van der Waals surface area contributed by atoms with Gasteiger partial charge in [0, 0.05) is 5.69 Å². The molecule has 116 valence electrons. The predicted molar refractivity (Wildman–Crippen MR) is 83.1 cm³/mol. The maximum Gasteiger partial charge on any atom is 0.336 e. The Labute approximate surface area is 126 Å². The largest absolute Gasteiger partial charge is 0.467 e. The van der Waals surface area contributed by atoms with Crippen LogP contribution in [0.1, 0.15) is 38.5 Å². The molecule has 4 nitrogen and oxygen atoms in total. The first kappa shape index (κ1) is 15.8. The van der Waals surface area contributed by atoms with E-state index in [1.54, 1.807) is 0 Å². The second-order valence-electron chi connectivity index (χ2n) is 5.82. The number of para-hydroxylation sites is 1. The highest BCUT2D eigenvalue weighted by atomic mass is 16.5. The molecular weight excluding hydrogens is 266 g/mol. The van der Waals surface area contributed by atoms with Crippen molar-refractivity contribution in [2.75, 3.05) is 12.4 Å². The van der Waals surface area contributed by atoms with E-state index in [-0.39, 0.29) is 6.04 Å². The Kier molecular flexibility index (Phi) is 6.05. The third kappa shape index (κ3) is 4.74. The van der Waals surface area contributed by atoms with Gasteiger partial charge in [-0.3, -0.25) is 0 Å². The monoisotopic (exact) mass is 291 g/mol. The summed E-state index contributed by atoms with van der Waals surface area (Å²) in [6, 6.07) is 9.39. The Bertz CT molecular complexity index is 429. The first-order valence-corrected chi connectivity index (χ1v) is 7.78. The maximum atomic E-state index is 11.7. The van der Waals surface area contributed by atoms with Crippen LogP contribution in [-0.2, 0) is 9.53 Å². The van der Waals surface area contributed by atoms with Crippen LogP contribution in [0, 0.1) is 5.92 Å². The van der Waals surface area contributed by atoms with Crippen molar-refractivity contribution in [1.82, 2.24) is 0 Å². The molecule has 21 heavy (non-hydrogen) atoms. The molecule has 1 aliphatic rings. The summed E-state index contributed by atoms with van der Waals surface area (Å²) in [6.07, 6.45) is 5.82. The van der Waals surface area contributed by atoms with Gasteiger partial charge < -0.3 is 15.2 Å². The summed E-state index contributed by atoms with van der Waals surface area (Å²) in [5.74, 6) is -0.00138. The smallest absolute Gasteiger partial charge is 0.336 e. The highest BCUT2D eigenvalue weighted by molar-refractivity contribution is 5.75. The Hall–Kier alpha value is -1.55. The molecule has 2 N–H and O–H groups in total. The number of anilines is 1. The van der Waals surface area contributed by atoms with Crippen molar-refractivity contribution in [3.8, 4) is 0 Å². The fraction of sp³-hybridized carbons (Fsp3) is 0.588. The van der Waals surface area contributed by atoms with E-state index >= 15 is 0 Å². The van der Waals surface area contributed by atoms with Crippen molar-refractivity contribution in [2.45, 2.75) is 50.7 Å². The van der Waals surface area contributed by atoms with Gasteiger partial charge in [-0.05, 0) is 24.5 Å². The average molecular weight is 291 g/mol. The fourth-order valence-corrected chi connectivity index (χ4v) is 3.08. The van der Waals surface area contributed by atoms with E-state index in [1.807, 2.05) is 30.3 Å². The number of benzene rings is 1. The molecule has 2 atom stereocenters. The van der Waals surface area contributed by atoms with Crippen LogP contribution in [0.3, 0.4) is 0 Å². The lowest BCUT2D eigenvalue weighted by Gasteiger charge is -2.29. The van der Waals surface area contributed by atoms with Gasteiger partial charge in [-0.2, -0.15) is 0 Å². The zero-order valence-corrected chi connectivity index (χ0v) is 12.6. The number of nitrogens with one attached hydrogen (secondary N) is 1. The second-order valence-corrected chi connectivity index (χ2v) is 5.82. The van der Waals surface area contributed by atoms with Crippen LogP contribution in [0.15, 0.2) is 30.3 Å². The third-order valence-corrected chi connectivity index (χ3v) is 4.26. The number of aliphatic hydroxyl groups is 1. The molecule has 4 heteroatoms. The highest BCUT2D eigenvalue weighted by Gasteiger charge is 2.29. The molecule has 0 amide bonds. The van der Waals surface area contributed by atoms with Gasteiger partial charge in [-0.1, -0.05) is 50.3 Å². The molecule has 1 aliphatic carbocycles. The summed E-state index contributed by atoms with van der Waals surface area (Å²) >= 11 is 0. The van der Waals surface area contributed by atoms with Gasteiger partial charge in [-0.15, -0.1) is 0 Å². The standard InChI is InChI=1S/C17H25NO3/c1-21-17(20)16(19)15(12-13-8-4-2-5-9-13)18-14-10-6-3-7-11-14/h3,6-7,10-11,13,15-16,18-19H,2,4-5,8-9,12H2,1H3/t15-,16-/m0/s1. The van der Waals surface area contributed by atoms with Crippen molar-refractivity contribution >= 4 is 11.7 Å². The van der Waals surface area contributed by atoms with Crippen LogP contribution in [0.4, 0.5) is 5.69 Å². The van der Waals surface area contributed by atoms with Gasteiger partial charge in [-0.25, -0.2) is 4.79 Å². The van der Waals surface area contributed by atoms with Crippen molar-refractivity contribution in [2.24, 2.45) is 5.92 Å². The molecule has 1 aromatic rings. The fourth-order valence-electron chi connectivity index (χ4n) is 3.08. The number of hydrogen-bond donors (Lipinski definition) is 2. The Morgan fingerprint density at radius 3 is 2.57 bits per heavy atom. The van der Waals surface area contributed by atoms with E-state index in [0.29, 0.717) is 5.92 Å². The zero-order valence-electron chi connectivity index (χ0n) is 12.6. The van der Waals surface area contributed by atoms with Crippen LogP contribution in [-0.4, -0.2) is 30.3 Å². The highest BCUT2D eigenvalue weighted by Crippen LogP contribution is 2.29. The molecule has 1 fully saturated rings. The molecule has 1 aromatic carbocycles. The lowest BCUT2D eigenvalue weighted by Crippen LogP contribution is -2.41. The maximum absolute atomic E-state index is 11.7. The molecule has 0 unspecified atom stereocenters. The Morgan fingerprint density at radius 1 is 1.29 bits per heavy atom. The van der Waals surface area contributed by atoms with Crippen molar-refractivity contribution in [3.05, 3.63) is 30.3 Å². The minimum Gasteiger partial charge on any atom is -0.467 e. The normalized spacial score (nSPS) is 18.8. The predicted octanol–water partition coefficient (Wildman–Crippen LogP) is 2.97. The summed E-state index contributed by atoms with van der Waals surface area (Å²) < 4.78 is 4.69. The SMILES string of the molecule is COC(=O)[C@@H](O)[C@H](CC1CCCCC1)Nc1ccccc1. The van der Waals surface area contributed by atoms with Crippen LogP contribution >= 0.6 is 0 Å². The van der Waals surface area contributed by atoms with Crippen LogP contribution in [0.5, 0.6) is 0 Å². The number of carbonyl (C=O) groups is 1. The number of carbonyl (C=O) groups excluding carboxylic acids is 1. The van der Waals surface area contributed by atoms with E-state index in [9.17, 15) is 9.90 Å². The van der Waals surface area contributed by atoms with Gasteiger partial charge >= 0.3 is 5.97 Å². The summed E-state index contributed by atoms with van der Waals surface area (Å²) in [6.45, 7) is 0. The van der Waals surface area contributed by atoms with Gasteiger partial charge in [0.25, 0.3) is 0 Å². The first-order chi connectivity index (χ1) is 10.2. The molecule has 1 saturated carbocycles. The molecule has 0 aromatic heterocycles. The Balaban J connectivity index is 2.03. The van der Waals surface area contributed by atoms with E-state index in [0.717, 1.165) is 12.1 Å². The number of methoxy groups -OCH3 is 1. The molecule has 0 aliphatic heterocycles. The van der Waals surface area contributed by atoms with Crippen LogP contribution < -0.4 is 5.32 Å². The third-order valence-electron chi connectivity index (χ3n) is 4.26. The molecule has 0 bridgehead atoms. The topological polar surface area (TPSA) is 58.6 Å². The van der Waals surface area contributed by atoms with E-state index in [2.05, 4.69) is 5.32 Å². The number of aliphatic hydroxyl groups excluding tert-OH is 1. The van der Waals surface area contributed by atoms with E-state index in [1.165, 1.54) is 39.2 Å². The molecule has 0 radical (unpaired) electrons. The number of esters is 1. The van der Waals surface area contributed by atoms with Gasteiger partial charge in [0.1, 0.15) is 0 Å². The molecule has 0 heterocycles. The summed E-state index contributed by atoms with van der Waals surface area (Å²) in [5, 5.41) is 13.5. The average Bonchev–Trinajstić information content (AvgIpc) is 2.54. The zero-order chi connectivity index (χ0) is 15.1. The Morgan fingerprint density at radius 2 is 1.95 bits per heavy atom. The lowest BCUT2D eigenvalue weighted by atomic mass is 9.83. The quantitative estimate of drug-likeness (QED) is 0.791. The second kappa shape index (κ2) is 8.03. The molecular formula is C17H25NO3. The van der Waals surface area contributed by atoms with Crippen LogP contribution in [0.2, 0.25) is 0 Å². The van der Waals surface area contributed by atoms with E-state index < -0.39 is 12.1 Å². The summed E-state index contributed by atoms with van der Waals surface area (Å²) in [7, 11) is 1.31. The number of ether oxygens (including phenoxy) is 1. The van der Waals surface area contributed by atoms with Crippen molar-refractivity contribution in [1.29, 1.82) is 0 Å². The van der Waals surface area contributed by atoms with Gasteiger partial charge in [0.05, 0.1) is 13.2 Å². The van der Waals surface area contributed by atoms with Crippen LogP contribution in [0.25, 0.3) is 0 Å². The molecule has 0 saturated heterocycles. The van der Waals surface area contributed by atoms with Crippen molar-refractivity contribution in [3.63, 3.8) is 0 Å².